The maximum Gasteiger partial charge on any atom is 0.323 e. The number of esters is 1. The van der Waals surface area contributed by atoms with Crippen molar-refractivity contribution >= 4 is 5.97 Å². The topological polar surface area (TPSA) is 38.8 Å². The maximum absolute atomic E-state index is 11.8. The van der Waals surface area contributed by atoms with Gasteiger partial charge in [-0.05, 0) is 13.3 Å². The molecule has 0 spiro atoms. The molecule has 1 saturated heterocycles. The normalized spacial score (nSPS) is 24.1. The zero-order chi connectivity index (χ0) is 12.0. The van der Waals surface area contributed by atoms with Crippen LogP contribution in [0.2, 0.25) is 0 Å². The minimum atomic E-state index is -0.109. The van der Waals surface area contributed by atoms with Crippen molar-refractivity contribution < 1.29 is 14.3 Å². The highest BCUT2D eigenvalue weighted by Gasteiger charge is 2.31. The van der Waals surface area contributed by atoms with Gasteiger partial charge in [0.1, 0.15) is 6.04 Å². The molecule has 0 aromatic heterocycles. The average molecular weight is 229 g/mol. The van der Waals surface area contributed by atoms with Gasteiger partial charge in [0, 0.05) is 12.6 Å². The summed E-state index contributed by atoms with van der Waals surface area (Å²) in [7, 11) is 1.46. The van der Waals surface area contributed by atoms with Crippen LogP contribution in [0.4, 0.5) is 0 Å². The molecule has 4 heteroatoms. The number of morpholine rings is 1. The summed E-state index contributed by atoms with van der Waals surface area (Å²) < 4.78 is 10.3. The number of unbranched alkanes of at least 4 members (excludes halogenated alkanes) is 1. The first kappa shape index (κ1) is 13.5. The number of ether oxygens (including phenoxy) is 2. The van der Waals surface area contributed by atoms with Crippen molar-refractivity contribution in [3.8, 4) is 0 Å². The highest BCUT2D eigenvalue weighted by molar-refractivity contribution is 5.75. The molecule has 0 amide bonds. The molecule has 1 heterocycles. The number of methoxy groups -OCH3 is 1. The monoisotopic (exact) mass is 229 g/mol. The van der Waals surface area contributed by atoms with E-state index in [1.807, 2.05) is 0 Å². The van der Waals surface area contributed by atoms with Crippen LogP contribution in [0.5, 0.6) is 0 Å². The Morgan fingerprint density at radius 3 is 2.94 bits per heavy atom. The quantitative estimate of drug-likeness (QED) is 0.669. The van der Waals surface area contributed by atoms with E-state index in [-0.39, 0.29) is 12.0 Å². The second kappa shape index (κ2) is 6.86. The molecular weight excluding hydrogens is 206 g/mol. The minimum Gasteiger partial charge on any atom is -0.468 e. The summed E-state index contributed by atoms with van der Waals surface area (Å²) in [6, 6.07) is 0.207. The predicted octanol–water partition coefficient (Wildman–Crippen LogP) is 1.44. The number of hydrogen-bond acceptors (Lipinski definition) is 4. The summed E-state index contributed by atoms with van der Waals surface area (Å²) in [5.74, 6) is -0.109. The third-order valence-corrected chi connectivity index (χ3v) is 3.12. The van der Waals surface area contributed by atoms with Gasteiger partial charge in [0.2, 0.25) is 0 Å². The smallest absolute Gasteiger partial charge is 0.323 e. The van der Waals surface area contributed by atoms with Gasteiger partial charge in [-0.25, -0.2) is 0 Å². The third kappa shape index (κ3) is 3.46. The van der Waals surface area contributed by atoms with Crippen molar-refractivity contribution in [2.45, 2.75) is 45.2 Å². The van der Waals surface area contributed by atoms with Gasteiger partial charge in [-0.1, -0.05) is 19.8 Å². The van der Waals surface area contributed by atoms with Gasteiger partial charge in [-0.15, -0.1) is 0 Å². The molecule has 0 aromatic rings. The van der Waals surface area contributed by atoms with Gasteiger partial charge >= 0.3 is 5.97 Å². The molecule has 0 aromatic carbocycles. The number of rotatable bonds is 5. The molecule has 0 radical (unpaired) electrons. The van der Waals surface area contributed by atoms with Crippen LogP contribution < -0.4 is 0 Å². The zero-order valence-corrected chi connectivity index (χ0v) is 10.6. The van der Waals surface area contributed by atoms with E-state index in [1.54, 1.807) is 0 Å². The van der Waals surface area contributed by atoms with E-state index in [9.17, 15) is 4.79 Å². The van der Waals surface area contributed by atoms with Crippen molar-refractivity contribution in [2.24, 2.45) is 0 Å². The van der Waals surface area contributed by atoms with E-state index in [0.717, 1.165) is 25.8 Å². The summed E-state index contributed by atoms with van der Waals surface area (Å²) in [5, 5.41) is 0. The second-order valence-corrected chi connectivity index (χ2v) is 4.34. The van der Waals surface area contributed by atoms with Crippen molar-refractivity contribution in [3.05, 3.63) is 0 Å². The van der Waals surface area contributed by atoms with Crippen molar-refractivity contribution in [1.29, 1.82) is 0 Å². The summed E-state index contributed by atoms with van der Waals surface area (Å²) in [5.41, 5.74) is 0. The van der Waals surface area contributed by atoms with Crippen LogP contribution in [0.15, 0.2) is 0 Å². The molecule has 94 valence electrons. The SMILES string of the molecule is CCCCC(C(=O)OC)N1CCOCC1C. The van der Waals surface area contributed by atoms with Crippen LogP contribution in [0.1, 0.15) is 33.1 Å². The van der Waals surface area contributed by atoms with E-state index < -0.39 is 0 Å². The Kier molecular flexibility index (Phi) is 5.77. The first-order valence-corrected chi connectivity index (χ1v) is 6.12. The van der Waals surface area contributed by atoms with Crippen LogP contribution >= 0.6 is 0 Å². The van der Waals surface area contributed by atoms with Gasteiger partial charge < -0.3 is 9.47 Å². The second-order valence-electron chi connectivity index (χ2n) is 4.34. The van der Waals surface area contributed by atoms with Gasteiger partial charge in [0.25, 0.3) is 0 Å². The van der Waals surface area contributed by atoms with Crippen molar-refractivity contribution in [2.75, 3.05) is 26.9 Å². The summed E-state index contributed by atoms with van der Waals surface area (Å²) in [4.78, 5) is 14.0. The lowest BCUT2D eigenvalue weighted by molar-refractivity contribution is -0.151. The number of carbonyl (C=O) groups excluding carboxylic acids is 1. The summed E-state index contributed by atoms with van der Waals surface area (Å²) in [6.07, 6.45) is 3.05. The first-order valence-electron chi connectivity index (χ1n) is 6.12. The molecule has 2 unspecified atom stereocenters. The largest absolute Gasteiger partial charge is 0.468 e. The molecule has 16 heavy (non-hydrogen) atoms. The maximum atomic E-state index is 11.8. The third-order valence-electron chi connectivity index (χ3n) is 3.12. The van der Waals surface area contributed by atoms with E-state index >= 15 is 0 Å². The molecule has 4 nitrogen and oxygen atoms in total. The Bertz CT molecular complexity index is 220. The van der Waals surface area contributed by atoms with E-state index in [4.69, 9.17) is 9.47 Å². The average Bonchev–Trinajstić information content (AvgIpc) is 2.31. The summed E-state index contributed by atoms with van der Waals surface area (Å²) in [6.45, 7) is 6.48. The van der Waals surface area contributed by atoms with Crippen LogP contribution in [0.25, 0.3) is 0 Å². The van der Waals surface area contributed by atoms with Crippen molar-refractivity contribution in [3.63, 3.8) is 0 Å². The Morgan fingerprint density at radius 2 is 2.38 bits per heavy atom. The lowest BCUT2D eigenvalue weighted by Crippen LogP contribution is -2.52. The van der Waals surface area contributed by atoms with Crippen LogP contribution in [-0.2, 0) is 14.3 Å². The molecular formula is C12H23NO3. The number of carbonyl (C=O) groups is 1. The van der Waals surface area contributed by atoms with E-state index in [1.165, 1.54) is 7.11 Å². The fourth-order valence-corrected chi connectivity index (χ4v) is 2.16. The Labute approximate surface area is 97.9 Å². The van der Waals surface area contributed by atoms with Gasteiger partial charge in [0.05, 0.1) is 20.3 Å². The van der Waals surface area contributed by atoms with Crippen LogP contribution in [-0.4, -0.2) is 49.8 Å². The molecule has 1 aliphatic heterocycles. The molecule has 0 bridgehead atoms. The van der Waals surface area contributed by atoms with Crippen LogP contribution in [0, 0.1) is 0 Å². The fourth-order valence-electron chi connectivity index (χ4n) is 2.16. The Balaban J connectivity index is 2.61. The van der Waals surface area contributed by atoms with E-state index in [2.05, 4.69) is 18.7 Å². The standard InChI is InChI=1S/C12H23NO3/c1-4-5-6-11(12(14)15-3)13-7-8-16-9-10(13)2/h10-11H,4-9H2,1-3H3. The molecule has 0 N–H and O–H groups in total. The van der Waals surface area contributed by atoms with Crippen molar-refractivity contribution in [1.82, 2.24) is 4.90 Å². The minimum absolute atomic E-state index is 0.0937. The predicted molar refractivity (Wildman–Crippen MR) is 62.3 cm³/mol. The highest BCUT2D eigenvalue weighted by Crippen LogP contribution is 2.16. The molecule has 0 aliphatic carbocycles. The lowest BCUT2D eigenvalue weighted by Gasteiger charge is -2.37. The van der Waals surface area contributed by atoms with E-state index in [0.29, 0.717) is 19.3 Å². The molecule has 2 atom stereocenters. The molecule has 1 rings (SSSR count). The fraction of sp³-hybridized carbons (Fsp3) is 0.917. The van der Waals surface area contributed by atoms with Crippen LogP contribution in [0.3, 0.4) is 0 Å². The molecule has 1 aliphatic rings. The summed E-state index contributed by atoms with van der Waals surface area (Å²) >= 11 is 0. The zero-order valence-electron chi connectivity index (χ0n) is 10.6. The molecule has 0 saturated carbocycles. The first-order chi connectivity index (χ1) is 7.70. The lowest BCUT2D eigenvalue weighted by atomic mass is 10.1. The van der Waals surface area contributed by atoms with Gasteiger partial charge in [-0.3, -0.25) is 9.69 Å². The van der Waals surface area contributed by atoms with Gasteiger partial charge in [0.15, 0.2) is 0 Å². The Morgan fingerprint density at radius 1 is 1.62 bits per heavy atom. The number of hydrogen-bond donors (Lipinski definition) is 0. The number of nitrogens with zero attached hydrogens (tertiary/aromatic N) is 1. The van der Waals surface area contributed by atoms with Gasteiger partial charge in [-0.2, -0.15) is 0 Å². The molecule has 1 fully saturated rings. The highest BCUT2D eigenvalue weighted by atomic mass is 16.5. The Hall–Kier alpha value is -0.610.